The van der Waals surface area contributed by atoms with Gasteiger partial charge in [-0.05, 0) is 52.6 Å². The van der Waals surface area contributed by atoms with Crippen LogP contribution in [0.3, 0.4) is 0 Å². The molecule has 2 saturated heterocycles. The minimum Gasteiger partial charge on any atom is -0.355 e. The third-order valence-electron chi connectivity index (χ3n) is 4.75. The molecule has 2 fully saturated rings. The molecule has 0 unspecified atom stereocenters. The van der Waals surface area contributed by atoms with E-state index in [1.54, 1.807) is 0 Å². The van der Waals surface area contributed by atoms with Crippen molar-refractivity contribution in [2.24, 2.45) is 0 Å². The molecule has 4 heteroatoms. The van der Waals surface area contributed by atoms with Gasteiger partial charge in [-0.2, -0.15) is 0 Å². The second-order valence-electron chi connectivity index (χ2n) is 6.40. The van der Waals surface area contributed by atoms with Gasteiger partial charge in [0.15, 0.2) is 0 Å². The molecule has 0 aliphatic carbocycles. The van der Waals surface area contributed by atoms with Gasteiger partial charge in [0.05, 0.1) is 11.9 Å². The summed E-state index contributed by atoms with van der Waals surface area (Å²) in [5, 5.41) is 0. The second kappa shape index (κ2) is 6.08. The first-order chi connectivity index (χ1) is 9.74. The minimum absolute atomic E-state index is 0.597. The Morgan fingerprint density at radius 1 is 1.05 bits per heavy atom. The summed E-state index contributed by atoms with van der Waals surface area (Å²) in [6, 6.07) is 0.665. The summed E-state index contributed by atoms with van der Waals surface area (Å²) >= 11 is 0. The molecule has 3 rings (SSSR count). The van der Waals surface area contributed by atoms with Gasteiger partial charge >= 0.3 is 0 Å². The standard InChI is InChI=1S/C16H26N4/c1-13(2)19-9-5-14(6-10-19)15-11-17-12-16(18-15)20-7-3-4-8-20/h11-14H,3-10H2,1-2H3. The molecule has 4 nitrogen and oxygen atoms in total. The maximum atomic E-state index is 4.89. The van der Waals surface area contributed by atoms with Gasteiger partial charge in [-0.1, -0.05) is 0 Å². The third kappa shape index (κ3) is 2.95. The fourth-order valence-corrected chi connectivity index (χ4v) is 3.38. The first-order valence-corrected chi connectivity index (χ1v) is 8.05. The topological polar surface area (TPSA) is 32.3 Å². The Balaban J connectivity index is 1.67. The predicted molar refractivity (Wildman–Crippen MR) is 82.2 cm³/mol. The quantitative estimate of drug-likeness (QED) is 0.848. The second-order valence-corrected chi connectivity index (χ2v) is 6.40. The smallest absolute Gasteiger partial charge is 0.147 e. The Bertz CT molecular complexity index is 432. The van der Waals surface area contributed by atoms with Crippen LogP contribution in [0.2, 0.25) is 0 Å². The molecular formula is C16H26N4. The van der Waals surface area contributed by atoms with E-state index in [1.165, 1.54) is 44.5 Å². The molecule has 0 saturated carbocycles. The molecule has 110 valence electrons. The van der Waals surface area contributed by atoms with E-state index >= 15 is 0 Å². The molecule has 0 atom stereocenters. The van der Waals surface area contributed by atoms with E-state index in [2.05, 4.69) is 28.6 Å². The lowest BCUT2D eigenvalue weighted by molar-refractivity contribution is 0.170. The minimum atomic E-state index is 0.597. The number of hydrogen-bond acceptors (Lipinski definition) is 4. The van der Waals surface area contributed by atoms with E-state index in [0.29, 0.717) is 12.0 Å². The SMILES string of the molecule is CC(C)N1CCC(c2cncc(N3CCCC3)n2)CC1. The molecule has 2 aliphatic heterocycles. The van der Waals surface area contributed by atoms with Crippen molar-refractivity contribution in [3.8, 4) is 0 Å². The first kappa shape index (κ1) is 13.8. The van der Waals surface area contributed by atoms with Crippen molar-refractivity contribution in [3.05, 3.63) is 18.1 Å². The number of piperidine rings is 1. The van der Waals surface area contributed by atoms with Crippen molar-refractivity contribution >= 4 is 5.82 Å². The van der Waals surface area contributed by atoms with Gasteiger partial charge in [-0.25, -0.2) is 4.98 Å². The van der Waals surface area contributed by atoms with Crippen LogP contribution in [-0.2, 0) is 0 Å². The monoisotopic (exact) mass is 274 g/mol. The largest absolute Gasteiger partial charge is 0.355 e. The van der Waals surface area contributed by atoms with Gasteiger partial charge in [-0.15, -0.1) is 0 Å². The summed E-state index contributed by atoms with van der Waals surface area (Å²) in [5.41, 5.74) is 1.21. The van der Waals surface area contributed by atoms with E-state index in [9.17, 15) is 0 Å². The lowest BCUT2D eigenvalue weighted by Gasteiger charge is -2.34. The molecule has 0 spiro atoms. The zero-order valence-corrected chi connectivity index (χ0v) is 12.8. The summed E-state index contributed by atoms with van der Waals surface area (Å²) < 4.78 is 0. The van der Waals surface area contributed by atoms with Crippen molar-refractivity contribution in [1.29, 1.82) is 0 Å². The predicted octanol–water partition coefficient (Wildman–Crippen LogP) is 2.66. The average Bonchev–Trinajstić information content (AvgIpc) is 3.02. The number of nitrogens with zero attached hydrogens (tertiary/aromatic N) is 4. The number of aromatic nitrogens is 2. The Labute approximate surface area is 122 Å². The van der Waals surface area contributed by atoms with Crippen LogP contribution in [0.4, 0.5) is 5.82 Å². The maximum Gasteiger partial charge on any atom is 0.147 e. The molecule has 0 aromatic carbocycles. The Morgan fingerprint density at radius 3 is 2.40 bits per heavy atom. The molecule has 1 aromatic rings. The van der Waals surface area contributed by atoms with Crippen molar-refractivity contribution in [2.75, 3.05) is 31.1 Å². The van der Waals surface area contributed by atoms with E-state index in [-0.39, 0.29) is 0 Å². The molecule has 0 radical (unpaired) electrons. The highest BCUT2D eigenvalue weighted by Gasteiger charge is 2.24. The van der Waals surface area contributed by atoms with Crippen molar-refractivity contribution in [2.45, 2.75) is 51.5 Å². The van der Waals surface area contributed by atoms with Crippen LogP contribution >= 0.6 is 0 Å². The molecule has 0 bridgehead atoms. The lowest BCUT2D eigenvalue weighted by Crippen LogP contribution is -2.38. The van der Waals surface area contributed by atoms with Crippen LogP contribution < -0.4 is 4.90 Å². The number of hydrogen-bond donors (Lipinski definition) is 0. The zero-order valence-electron chi connectivity index (χ0n) is 12.8. The van der Waals surface area contributed by atoms with Gasteiger partial charge in [0.2, 0.25) is 0 Å². The highest BCUT2D eigenvalue weighted by molar-refractivity contribution is 5.37. The van der Waals surface area contributed by atoms with Gasteiger partial charge in [-0.3, -0.25) is 4.98 Å². The summed E-state index contributed by atoms with van der Waals surface area (Å²) in [6.45, 7) is 9.24. The van der Waals surface area contributed by atoms with Gasteiger partial charge in [0.25, 0.3) is 0 Å². The maximum absolute atomic E-state index is 4.89. The summed E-state index contributed by atoms with van der Waals surface area (Å²) in [6.07, 6.45) is 8.93. The highest BCUT2D eigenvalue weighted by Crippen LogP contribution is 2.28. The van der Waals surface area contributed by atoms with Gasteiger partial charge < -0.3 is 9.80 Å². The average molecular weight is 274 g/mol. The molecule has 0 amide bonds. The van der Waals surface area contributed by atoms with E-state index < -0.39 is 0 Å². The molecule has 2 aliphatic rings. The number of anilines is 1. The molecular weight excluding hydrogens is 248 g/mol. The van der Waals surface area contributed by atoms with Crippen LogP contribution in [0.5, 0.6) is 0 Å². The van der Waals surface area contributed by atoms with Crippen LogP contribution in [0.1, 0.15) is 51.1 Å². The van der Waals surface area contributed by atoms with E-state index in [4.69, 9.17) is 4.98 Å². The van der Waals surface area contributed by atoms with Crippen molar-refractivity contribution < 1.29 is 0 Å². The van der Waals surface area contributed by atoms with Crippen LogP contribution in [-0.4, -0.2) is 47.1 Å². The number of likely N-dealkylation sites (tertiary alicyclic amines) is 1. The third-order valence-corrected chi connectivity index (χ3v) is 4.75. The van der Waals surface area contributed by atoms with E-state index in [0.717, 1.165) is 18.9 Å². The Hall–Kier alpha value is -1.16. The Kier molecular flexibility index (Phi) is 4.20. The highest BCUT2D eigenvalue weighted by atomic mass is 15.2. The van der Waals surface area contributed by atoms with Crippen LogP contribution in [0.25, 0.3) is 0 Å². The van der Waals surface area contributed by atoms with Crippen molar-refractivity contribution in [1.82, 2.24) is 14.9 Å². The van der Waals surface area contributed by atoms with Gasteiger partial charge in [0.1, 0.15) is 5.82 Å². The van der Waals surface area contributed by atoms with Gasteiger partial charge in [0, 0.05) is 31.2 Å². The Morgan fingerprint density at radius 2 is 1.75 bits per heavy atom. The molecule has 1 aromatic heterocycles. The van der Waals surface area contributed by atoms with Crippen molar-refractivity contribution in [3.63, 3.8) is 0 Å². The molecule has 0 N–H and O–H groups in total. The summed E-state index contributed by atoms with van der Waals surface area (Å²) in [7, 11) is 0. The summed E-state index contributed by atoms with van der Waals surface area (Å²) in [5.74, 6) is 1.69. The fraction of sp³-hybridized carbons (Fsp3) is 0.750. The first-order valence-electron chi connectivity index (χ1n) is 8.05. The van der Waals surface area contributed by atoms with E-state index in [1.807, 2.05) is 12.4 Å². The normalized spacial score (nSPS) is 21.9. The number of rotatable bonds is 3. The molecule has 3 heterocycles. The van der Waals surface area contributed by atoms with Crippen LogP contribution in [0, 0.1) is 0 Å². The zero-order chi connectivity index (χ0) is 13.9. The summed E-state index contributed by atoms with van der Waals surface area (Å²) in [4.78, 5) is 14.3. The lowest BCUT2D eigenvalue weighted by atomic mass is 9.93. The fourth-order valence-electron chi connectivity index (χ4n) is 3.38. The van der Waals surface area contributed by atoms with Crippen LogP contribution in [0.15, 0.2) is 12.4 Å². The molecule has 20 heavy (non-hydrogen) atoms.